The summed E-state index contributed by atoms with van der Waals surface area (Å²) in [5, 5.41) is 0. The second kappa shape index (κ2) is 5.19. The van der Waals surface area contributed by atoms with Crippen LogP contribution in [-0.4, -0.2) is 32.3 Å². The summed E-state index contributed by atoms with van der Waals surface area (Å²) in [5.41, 5.74) is 5.87. The molecule has 4 nitrogen and oxygen atoms in total. The van der Waals surface area contributed by atoms with Crippen LogP contribution in [0.15, 0.2) is 0 Å². The highest BCUT2D eigenvalue weighted by atomic mass is 16.5. The molecule has 0 bridgehead atoms. The first-order chi connectivity index (χ1) is 6.24. The van der Waals surface area contributed by atoms with E-state index in [-0.39, 0.29) is 12.0 Å². The molecule has 0 amide bonds. The van der Waals surface area contributed by atoms with Gasteiger partial charge in [0.05, 0.1) is 13.5 Å². The van der Waals surface area contributed by atoms with E-state index < -0.39 is 0 Å². The van der Waals surface area contributed by atoms with Crippen molar-refractivity contribution in [2.75, 3.05) is 20.3 Å². The molecule has 2 N–H and O–H groups in total. The summed E-state index contributed by atoms with van der Waals surface area (Å²) in [4.78, 5) is 10.9. The molecular formula is C9H17NO3. The van der Waals surface area contributed by atoms with Crippen LogP contribution in [0.5, 0.6) is 0 Å². The average molecular weight is 187 g/mol. The van der Waals surface area contributed by atoms with Gasteiger partial charge in [-0.2, -0.15) is 0 Å². The van der Waals surface area contributed by atoms with Crippen molar-refractivity contribution in [2.24, 2.45) is 11.7 Å². The largest absolute Gasteiger partial charge is 0.469 e. The Bertz CT molecular complexity index is 166. The Kier molecular flexibility index (Phi) is 4.18. The van der Waals surface area contributed by atoms with Crippen LogP contribution in [-0.2, 0) is 14.3 Å². The summed E-state index contributed by atoms with van der Waals surface area (Å²) in [6.07, 6.45) is 2.23. The number of methoxy groups -OCH3 is 1. The van der Waals surface area contributed by atoms with Gasteiger partial charge in [0.15, 0.2) is 0 Å². The summed E-state index contributed by atoms with van der Waals surface area (Å²) in [6.45, 7) is 1.53. The molecule has 0 aromatic carbocycles. The second-order valence-corrected chi connectivity index (χ2v) is 3.39. The molecule has 1 heterocycles. The lowest BCUT2D eigenvalue weighted by molar-refractivity contribution is -0.141. The molecule has 1 fully saturated rings. The normalized spacial score (nSPS) is 21.1. The lowest BCUT2D eigenvalue weighted by atomic mass is 9.90. The van der Waals surface area contributed by atoms with Crippen molar-refractivity contribution >= 4 is 5.97 Å². The molecule has 0 aromatic heterocycles. The van der Waals surface area contributed by atoms with E-state index in [1.807, 2.05) is 0 Å². The number of ether oxygens (including phenoxy) is 2. The van der Waals surface area contributed by atoms with Gasteiger partial charge < -0.3 is 15.2 Å². The highest BCUT2D eigenvalue weighted by Crippen LogP contribution is 2.19. The van der Waals surface area contributed by atoms with Crippen molar-refractivity contribution in [3.05, 3.63) is 0 Å². The molecule has 1 rings (SSSR count). The molecule has 0 aliphatic carbocycles. The first-order valence-corrected chi connectivity index (χ1v) is 4.64. The number of hydrogen-bond acceptors (Lipinski definition) is 4. The number of nitrogens with two attached hydrogens (primary N) is 1. The minimum atomic E-state index is -0.223. The SMILES string of the molecule is COC(=O)C[C@@H](N)C1CCOCC1. The van der Waals surface area contributed by atoms with E-state index in [1.54, 1.807) is 0 Å². The Morgan fingerprint density at radius 1 is 1.62 bits per heavy atom. The molecule has 76 valence electrons. The van der Waals surface area contributed by atoms with Crippen LogP contribution in [0.2, 0.25) is 0 Å². The molecule has 0 spiro atoms. The Morgan fingerprint density at radius 3 is 2.77 bits per heavy atom. The fourth-order valence-electron chi connectivity index (χ4n) is 1.59. The third-order valence-electron chi connectivity index (χ3n) is 2.50. The topological polar surface area (TPSA) is 61.5 Å². The van der Waals surface area contributed by atoms with E-state index in [2.05, 4.69) is 4.74 Å². The second-order valence-electron chi connectivity index (χ2n) is 3.39. The van der Waals surface area contributed by atoms with Crippen molar-refractivity contribution < 1.29 is 14.3 Å². The van der Waals surface area contributed by atoms with Gasteiger partial charge in [0.1, 0.15) is 0 Å². The third-order valence-corrected chi connectivity index (χ3v) is 2.50. The van der Waals surface area contributed by atoms with Crippen LogP contribution in [0.3, 0.4) is 0 Å². The summed E-state index contributed by atoms with van der Waals surface area (Å²) in [5.74, 6) is 0.187. The molecule has 13 heavy (non-hydrogen) atoms. The van der Waals surface area contributed by atoms with E-state index in [4.69, 9.17) is 10.5 Å². The molecule has 1 saturated heterocycles. The van der Waals surface area contributed by atoms with Gasteiger partial charge in [0, 0.05) is 19.3 Å². The fraction of sp³-hybridized carbons (Fsp3) is 0.889. The summed E-state index contributed by atoms with van der Waals surface area (Å²) < 4.78 is 9.77. The first kappa shape index (κ1) is 10.5. The van der Waals surface area contributed by atoms with E-state index in [0.29, 0.717) is 12.3 Å². The van der Waals surface area contributed by atoms with Crippen LogP contribution in [0.1, 0.15) is 19.3 Å². The molecule has 0 aromatic rings. The molecule has 0 unspecified atom stereocenters. The summed E-state index contributed by atoms with van der Waals surface area (Å²) in [7, 11) is 1.39. The van der Waals surface area contributed by atoms with Gasteiger partial charge in [0.2, 0.25) is 0 Å². The Morgan fingerprint density at radius 2 is 2.23 bits per heavy atom. The van der Waals surface area contributed by atoms with Crippen molar-refractivity contribution in [1.29, 1.82) is 0 Å². The number of hydrogen-bond donors (Lipinski definition) is 1. The Hall–Kier alpha value is -0.610. The maximum Gasteiger partial charge on any atom is 0.307 e. The van der Waals surface area contributed by atoms with Crippen molar-refractivity contribution in [1.82, 2.24) is 0 Å². The summed E-state index contributed by atoms with van der Waals surface area (Å²) in [6, 6.07) is -0.0728. The van der Waals surface area contributed by atoms with E-state index >= 15 is 0 Å². The van der Waals surface area contributed by atoms with Crippen LogP contribution < -0.4 is 5.73 Å². The summed E-state index contributed by atoms with van der Waals surface area (Å²) >= 11 is 0. The van der Waals surface area contributed by atoms with Crippen molar-refractivity contribution in [3.8, 4) is 0 Å². The zero-order valence-corrected chi connectivity index (χ0v) is 7.99. The lowest BCUT2D eigenvalue weighted by Gasteiger charge is -2.26. The van der Waals surface area contributed by atoms with Gasteiger partial charge in [-0.05, 0) is 18.8 Å². The number of carbonyl (C=O) groups excluding carboxylic acids is 1. The van der Waals surface area contributed by atoms with Crippen molar-refractivity contribution in [3.63, 3.8) is 0 Å². The fourth-order valence-corrected chi connectivity index (χ4v) is 1.59. The zero-order valence-electron chi connectivity index (χ0n) is 7.99. The Labute approximate surface area is 78.4 Å². The van der Waals surface area contributed by atoms with Gasteiger partial charge in [0.25, 0.3) is 0 Å². The maximum absolute atomic E-state index is 10.9. The van der Waals surface area contributed by atoms with Crippen molar-refractivity contribution in [2.45, 2.75) is 25.3 Å². The molecular weight excluding hydrogens is 170 g/mol. The molecule has 1 aliphatic rings. The number of esters is 1. The lowest BCUT2D eigenvalue weighted by Crippen LogP contribution is -2.36. The highest BCUT2D eigenvalue weighted by molar-refractivity contribution is 5.69. The molecule has 1 atom stereocenters. The number of carbonyl (C=O) groups is 1. The third kappa shape index (κ3) is 3.32. The smallest absolute Gasteiger partial charge is 0.307 e. The first-order valence-electron chi connectivity index (χ1n) is 4.64. The van der Waals surface area contributed by atoms with Crippen LogP contribution in [0, 0.1) is 5.92 Å². The van der Waals surface area contributed by atoms with Crippen LogP contribution in [0.25, 0.3) is 0 Å². The van der Waals surface area contributed by atoms with Gasteiger partial charge in [-0.25, -0.2) is 0 Å². The number of rotatable bonds is 3. The predicted molar refractivity (Wildman–Crippen MR) is 48.2 cm³/mol. The van der Waals surface area contributed by atoms with E-state index in [0.717, 1.165) is 26.1 Å². The molecule has 0 radical (unpaired) electrons. The van der Waals surface area contributed by atoms with E-state index in [9.17, 15) is 4.79 Å². The molecule has 4 heteroatoms. The monoisotopic (exact) mass is 187 g/mol. The molecule has 1 aliphatic heterocycles. The van der Waals surface area contributed by atoms with Gasteiger partial charge in [-0.1, -0.05) is 0 Å². The van der Waals surface area contributed by atoms with E-state index in [1.165, 1.54) is 7.11 Å². The average Bonchev–Trinajstić information content (AvgIpc) is 2.19. The minimum Gasteiger partial charge on any atom is -0.469 e. The minimum absolute atomic E-state index is 0.0728. The zero-order chi connectivity index (χ0) is 9.68. The van der Waals surface area contributed by atoms with Crippen LogP contribution in [0.4, 0.5) is 0 Å². The maximum atomic E-state index is 10.9. The predicted octanol–water partition coefficient (Wildman–Crippen LogP) is 0.303. The van der Waals surface area contributed by atoms with Crippen LogP contribution >= 0.6 is 0 Å². The van der Waals surface area contributed by atoms with Gasteiger partial charge in [-0.3, -0.25) is 4.79 Å². The highest BCUT2D eigenvalue weighted by Gasteiger charge is 2.22. The molecule has 0 saturated carbocycles. The van der Waals surface area contributed by atoms with Gasteiger partial charge >= 0.3 is 5.97 Å². The Balaban J connectivity index is 2.28. The standard InChI is InChI=1S/C9H17NO3/c1-12-9(11)6-8(10)7-2-4-13-5-3-7/h7-8H,2-6,10H2,1H3/t8-/m1/s1. The quantitative estimate of drug-likeness (QED) is 0.646. The van der Waals surface area contributed by atoms with Gasteiger partial charge in [-0.15, -0.1) is 0 Å².